The highest BCUT2D eigenvalue weighted by molar-refractivity contribution is 6.12. The predicted octanol–water partition coefficient (Wildman–Crippen LogP) is 4.26. The summed E-state index contributed by atoms with van der Waals surface area (Å²) >= 11 is 0. The summed E-state index contributed by atoms with van der Waals surface area (Å²) in [5.41, 5.74) is 3.94. The summed E-state index contributed by atoms with van der Waals surface area (Å²) < 4.78 is 49.0. The fraction of sp³-hybridized carbons (Fsp3) is 0.200. The molecule has 1 atom stereocenters. The third kappa shape index (κ3) is 3.21. The zero-order valence-electron chi connectivity index (χ0n) is 14.7. The van der Waals surface area contributed by atoms with Crippen molar-refractivity contribution in [3.63, 3.8) is 0 Å². The Morgan fingerprint density at radius 3 is 2.50 bits per heavy atom. The van der Waals surface area contributed by atoms with Crippen molar-refractivity contribution in [3.8, 4) is 5.75 Å². The van der Waals surface area contributed by atoms with E-state index in [9.17, 15) is 18.0 Å². The second-order valence-electron chi connectivity index (χ2n) is 6.38. The van der Waals surface area contributed by atoms with Gasteiger partial charge in [0.1, 0.15) is 5.75 Å². The lowest BCUT2D eigenvalue weighted by atomic mass is 9.96. The fourth-order valence-electron chi connectivity index (χ4n) is 3.25. The average molecular weight is 388 g/mol. The van der Waals surface area contributed by atoms with Gasteiger partial charge in [0.25, 0.3) is 0 Å². The topological polar surface area (TPSA) is 63.8 Å². The van der Waals surface area contributed by atoms with E-state index < -0.39 is 17.4 Å². The maximum Gasteiger partial charge on any atom is 0.416 e. The van der Waals surface area contributed by atoms with E-state index in [1.54, 1.807) is 18.2 Å². The van der Waals surface area contributed by atoms with Crippen LogP contribution in [0, 0.1) is 0 Å². The molecule has 0 saturated carbocycles. The van der Waals surface area contributed by atoms with E-state index in [0.717, 1.165) is 17.5 Å². The Hall–Kier alpha value is -3.29. The molecule has 1 aliphatic rings. The number of fused-ring (bicyclic) bond motifs is 1. The number of ether oxygens (including phenoxy) is 1. The first-order chi connectivity index (χ1) is 13.4. The molecular formula is C20H15F3N2O3. The van der Waals surface area contributed by atoms with Gasteiger partial charge in [-0.05, 0) is 35.9 Å². The van der Waals surface area contributed by atoms with Gasteiger partial charge < -0.3 is 14.6 Å². The smallest absolute Gasteiger partial charge is 0.416 e. The van der Waals surface area contributed by atoms with Crippen LogP contribution >= 0.6 is 0 Å². The molecule has 0 radical (unpaired) electrons. The Morgan fingerprint density at radius 1 is 1.11 bits per heavy atom. The summed E-state index contributed by atoms with van der Waals surface area (Å²) in [4.78, 5) is 11.7. The number of hydrogen-bond donors (Lipinski definition) is 1. The summed E-state index contributed by atoms with van der Waals surface area (Å²) in [6.45, 7) is 0. The van der Waals surface area contributed by atoms with Crippen LogP contribution in [0.4, 0.5) is 13.2 Å². The Bertz CT molecular complexity index is 1120. The minimum absolute atomic E-state index is 0.298. The third-order valence-corrected chi connectivity index (χ3v) is 4.65. The molecule has 8 heteroatoms. The van der Waals surface area contributed by atoms with Crippen molar-refractivity contribution in [2.45, 2.75) is 18.6 Å². The van der Waals surface area contributed by atoms with Crippen molar-refractivity contribution >= 4 is 16.7 Å². The summed E-state index contributed by atoms with van der Waals surface area (Å²) in [7, 11) is 1.50. The molecule has 144 valence electrons. The fourth-order valence-corrected chi connectivity index (χ4v) is 3.25. The van der Waals surface area contributed by atoms with E-state index in [1.165, 1.54) is 25.3 Å². The Kier molecular flexibility index (Phi) is 4.33. The minimum Gasteiger partial charge on any atom is -0.496 e. The molecule has 5 nitrogen and oxygen atoms in total. The van der Waals surface area contributed by atoms with Crippen molar-refractivity contribution in [1.82, 2.24) is 5.43 Å². The van der Waals surface area contributed by atoms with Gasteiger partial charge in [0.15, 0.2) is 5.58 Å². The minimum atomic E-state index is -4.38. The van der Waals surface area contributed by atoms with Crippen LogP contribution in [0.25, 0.3) is 11.0 Å². The van der Waals surface area contributed by atoms with E-state index in [-0.39, 0.29) is 6.04 Å². The second kappa shape index (κ2) is 6.70. The zero-order valence-corrected chi connectivity index (χ0v) is 14.7. The molecule has 3 aromatic rings. The Morgan fingerprint density at radius 2 is 1.82 bits per heavy atom. The molecular weight excluding hydrogens is 373 g/mol. The van der Waals surface area contributed by atoms with Gasteiger partial charge in [0, 0.05) is 17.9 Å². The summed E-state index contributed by atoms with van der Waals surface area (Å²) in [5, 5.41) is 5.04. The van der Waals surface area contributed by atoms with Crippen LogP contribution in [-0.2, 0) is 6.18 Å². The molecule has 28 heavy (non-hydrogen) atoms. The first-order valence-electron chi connectivity index (χ1n) is 8.47. The quantitative estimate of drug-likeness (QED) is 0.681. The molecule has 0 saturated heterocycles. The molecule has 1 aliphatic heterocycles. The molecule has 2 aromatic carbocycles. The summed E-state index contributed by atoms with van der Waals surface area (Å²) in [5.74, 6) is 0.496. The highest BCUT2D eigenvalue weighted by Crippen LogP contribution is 2.34. The van der Waals surface area contributed by atoms with Crippen LogP contribution in [0.5, 0.6) is 5.75 Å². The van der Waals surface area contributed by atoms with Gasteiger partial charge in [0.05, 0.1) is 30.0 Å². The number of rotatable bonds is 3. The Labute approximate surface area is 157 Å². The number of alkyl halides is 3. The first-order valence-corrected chi connectivity index (χ1v) is 8.47. The van der Waals surface area contributed by atoms with Gasteiger partial charge in [0.2, 0.25) is 0 Å². The molecule has 1 N–H and O–H groups in total. The molecule has 0 fully saturated rings. The van der Waals surface area contributed by atoms with E-state index in [0.29, 0.717) is 34.6 Å². The normalized spacial score (nSPS) is 16.7. The standard InChI is InChI=1S/C20H15F3N2O3/c1-27-16-8-4-12-5-9-17(26)28-19(12)18(16)15-10-14(24-25-15)11-2-6-13(7-3-11)20(21,22)23/h2-9,14,24H,10H2,1H3. The lowest BCUT2D eigenvalue weighted by Gasteiger charge is -2.13. The second-order valence-corrected chi connectivity index (χ2v) is 6.38. The van der Waals surface area contributed by atoms with E-state index in [2.05, 4.69) is 10.5 Å². The molecule has 2 heterocycles. The third-order valence-electron chi connectivity index (χ3n) is 4.65. The van der Waals surface area contributed by atoms with Crippen LogP contribution in [0.1, 0.15) is 29.2 Å². The molecule has 1 unspecified atom stereocenters. The largest absolute Gasteiger partial charge is 0.496 e. The van der Waals surface area contributed by atoms with Gasteiger partial charge in [-0.3, -0.25) is 0 Å². The number of hydrazone groups is 1. The van der Waals surface area contributed by atoms with Crippen LogP contribution < -0.4 is 15.8 Å². The molecule has 0 spiro atoms. The van der Waals surface area contributed by atoms with Gasteiger partial charge in [-0.1, -0.05) is 12.1 Å². The maximum atomic E-state index is 12.8. The van der Waals surface area contributed by atoms with E-state index >= 15 is 0 Å². The van der Waals surface area contributed by atoms with Gasteiger partial charge in [-0.25, -0.2) is 4.79 Å². The molecule has 4 rings (SSSR count). The molecule has 0 amide bonds. The van der Waals surface area contributed by atoms with E-state index in [4.69, 9.17) is 9.15 Å². The zero-order chi connectivity index (χ0) is 19.9. The van der Waals surface area contributed by atoms with Gasteiger partial charge >= 0.3 is 11.8 Å². The number of benzene rings is 2. The summed E-state index contributed by atoms with van der Waals surface area (Å²) in [6.07, 6.45) is -3.98. The number of nitrogens with zero attached hydrogens (tertiary/aromatic N) is 1. The van der Waals surface area contributed by atoms with Crippen molar-refractivity contribution in [2.75, 3.05) is 7.11 Å². The van der Waals surface area contributed by atoms with Crippen LogP contribution in [0.15, 0.2) is 62.8 Å². The van der Waals surface area contributed by atoms with Crippen LogP contribution in [0.3, 0.4) is 0 Å². The van der Waals surface area contributed by atoms with Crippen molar-refractivity contribution in [1.29, 1.82) is 0 Å². The average Bonchev–Trinajstić information content (AvgIpc) is 3.16. The van der Waals surface area contributed by atoms with Crippen LogP contribution in [-0.4, -0.2) is 12.8 Å². The monoisotopic (exact) mass is 388 g/mol. The highest BCUT2D eigenvalue weighted by atomic mass is 19.4. The SMILES string of the molecule is COc1ccc2ccc(=O)oc2c1C1=NNC(c2ccc(C(F)(F)F)cc2)C1. The van der Waals surface area contributed by atoms with Gasteiger partial charge in [-0.2, -0.15) is 18.3 Å². The Balaban J connectivity index is 1.68. The lowest BCUT2D eigenvalue weighted by molar-refractivity contribution is -0.137. The van der Waals surface area contributed by atoms with E-state index in [1.807, 2.05) is 0 Å². The molecule has 0 aliphatic carbocycles. The highest BCUT2D eigenvalue weighted by Gasteiger charge is 2.31. The predicted molar refractivity (Wildman–Crippen MR) is 97.5 cm³/mol. The molecule has 1 aromatic heterocycles. The number of methoxy groups -OCH3 is 1. The number of halogens is 3. The number of hydrogen-bond acceptors (Lipinski definition) is 5. The summed E-state index contributed by atoms with van der Waals surface area (Å²) in [6, 6.07) is 11.2. The number of nitrogens with one attached hydrogen (secondary N) is 1. The first kappa shape index (κ1) is 18.1. The van der Waals surface area contributed by atoms with Crippen molar-refractivity contribution < 1.29 is 22.3 Å². The lowest BCUT2D eigenvalue weighted by Crippen LogP contribution is -2.11. The maximum absolute atomic E-state index is 12.8. The van der Waals surface area contributed by atoms with Crippen molar-refractivity contribution in [2.24, 2.45) is 5.10 Å². The van der Waals surface area contributed by atoms with Crippen molar-refractivity contribution in [3.05, 3.63) is 75.6 Å². The van der Waals surface area contributed by atoms with Crippen LogP contribution in [0.2, 0.25) is 0 Å². The molecule has 0 bridgehead atoms. The van der Waals surface area contributed by atoms with Gasteiger partial charge in [-0.15, -0.1) is 0 Å².